The molecule has 0 spiro atoms. The number of rotatable bonds is 0. The largest absolute Gasteiger partial charge is 0.463 e. The van der Waals surface area contributed by atoms with Crippen molar-refractivity contribution in [1.29, 1.82) is 0 Å². The molecule has 0 saturated carbocycles. The second-order valence-corrected chi connectivity index (χ2v) is 3.24. The van der Waals surface area contributed by atoms with Crippen molar-refractivity contribution in [3.8, 4) is 0 Å². The summed E-state index contributed by atoms with van der Waals surface area (Å²) in [5.41, 5.74) is 0. The summed E-state index contributed by atoms with van der Waals surface area (Å²) in [4.78, 5) is 11.1. The van der Waals surface area contributed by atoms with E-state index in [2.05, 4.69) is 12.2 Å². The van der Waals surface area contributed by atoms with Gasteiger partial charge in [0.15, 0.2) is 0 Å². The first-order valence-electron chi connectivity index (χ1n) is 4.63. The van der Waals surface area contributed by atoms with E-state index in [9.17, 15) is 4.79 Å². The second kappa shape index (κ2) is 4.96. The lowest BCUT2D eigenvalue weighted by atomic mass is 10.1. The molecule has 0 bridgehead atoms. The fourth-order valence-corrected chi connectivity index (χ4v) is 1.30. The van der Waals surface area contributed by atoms with Crippen molar-refractivity contribution in [1.82, 2.24) is 0 Å². The molecule has 0 radical (unpaired) electrons. The van der Waals surface area contributed by atoms with Gasteiger partial charge in [-0.05, 0) is 32.6 Å². The molecule has 1 aliphatic heterocycles. The second-order valence-electron chi connectivity index (χ2n) is 3.24. The Kier molecular flexibility index (Phi) is 3.85. The number of allylic oxidation sites excluding steroid dienone is 2. The summed E-state index contributed by atoms with van der Waals surface area (Å²) in [6.07, 6.45) is 8.89. The average molecular weight is 168 g/mol. The van der Waals surface area contributed by atoms with E-state index in [-0.39, 0.29) is 12.1 Å². The van der Waals surface area contributed by atoms with Crippen LogP contribution < -0.4 is 0 Å². The lowest BCUT2D eigenvalue weighted by Crippen LogP contribution is -2.14. The van der Waals surface area contributed by atoms with E-state index in [1.165, 1.54) is 0 Å². The summed E-state index contributed by atoms with van der Waals surface area (Å²) in [5, 5.41) is 0. The smallest absolute Gasteiger partial charge is 0.306 e. The minimum Gasteiger partial charge on any atom is -0.463 e. The highest BCUT2D eigenvalue weighted by atomic mass is 16.5. The zero-order valence-corrected chi connectivity index (χ0v) is 7.58. The maximum absolute atomic E-state index is 11.1. The van der Waals surface area contributed by atoms with Crippen LogP contribution in [0.25, 0.3) is 0 Å². The Bertz CT molecular complexity index is 173. The first-order chi connectivity index (χ1) is 5.79. The molecular weight excluding hydrogens is 152 g/mol. The molecule has 0 N–H and O–H groups in total. The van der Waals surface area contributed by atoms with Crippen LogP contribution >= 0.6 is 0 Å². The third-order valence-corrected chi connectivity index (χ3v) is 2.00. The molecule has 1 rings (SSSR count). The van der Waals surface area contributed by atoms with Gasteiger partial charge in [-0.1, -0.05) is 12.2 Å². The van der Waals surface area contributed by atoms with Crippen LogP contribution in [0.1, 0.15) is 39.0 Å². The maximum atomic E-state index is 11.1. The maximum Gasteiger partial charge on any atom is 0.306 e. The van der Waals surface area contributed by atoms with Crippen LogP contribution in [0.4, 0.5) is 0 Å². The topological polar surface area (TPSA) is 26.3 Å². The minimum atomic E-state index is -0.0611. The van der Waals surface area contributed by atoms with E-state index < -0.39 is 0 Å². The van der Waals surface area contributed by atoms with Gasteiger partial charge in [0.25, 0.3) is 0 Å². The van der Waals surface area contributed by atoms with Gasteiger partial charge in [0.2, 0.25) is 0 Å². The molecule has 0 aliphatic carbocycles. The highest BCUT2D eigenvalue weighted by Gasteiger charge is 2.08. The molecule has 1 aliphatic rings. The number of carbonyl (C=O) groups excluding carboxylic acids is 1. The molecule has 12 heavy (non-hydrogen) atoms. The van der Waals surface area contributed by atoms with E-state index in [0.717, 1.165) is 25.7 Å². The van der Waals surface area contributed by atoms with E-state index in [0.29, 0.717) is 6.42 Å². The number of carbonyl (C=O) groups is 1. The number of cyclic esters (lactones) is 1. The molecule has 1 atom stereocenters. The van der Waals surface area contributed by atoms with E-state index in [1.54, 1.807) is 0 Å². The molecule has 1 heterocycles. The average Bonchev–Trinajstić information content (AvgIpc) is 2.02. The molecule has 2 nitrogen and oxygen atoms in total. The zero-order valence-electron chi connectivity index (χ0n) is 7.58. The third-order valence-electron chi connectivity index (χ3n) is 2.00. The van der Waals surface area contributed by atoms with Gasteiger partial charge in [-0.3, -0.25) is 4.79 Å². The van der Waals surface area contributed by atoms with Crippen molar-refractivity contribution in [2.24, 2.45) is 0 Å². The highest BCUT2D eigenvalue weighted by molar-refractivity contribution is 5.69. The minimum absolute atomic E-state index is 0.0611. The van der Waals surface area contributed by atoms with Crippen molar-refractivity contribution in [2.75, 3.05) is 0 Å². The summed E-state index contributed by atoms with van der Waals surface area (Å²) >= 11 is 0. The predicted octanol–water partition coefficient (Wildman–Crippen LogP) is 2.44. The Balaban J connectivity index is 2.40. The first kappa shape index (κ1) is 9.30. The van der Waals surface area contributed by atoms with E-state index >= 15 is 0 Å². The van der Waals surface area contributed by atoms with Crippen LogP contribution in [0, 0.1) is 0 Å². The van der Waals surface area contributed by atoms with Gasteiger partial charge in [-0.25, -0.2) is 0 Å². The first-order valence-corrected chi connectivity index (χ1v) is 4.63. The Hall–Kier alpha value is -0.790. The normalized spacial score (nSPS) is 29.1. The quantitative estimate of drug-likeness (QED) is 0.410. The molecule has 0 amide bonds. The van der Waals surface area contributed by atoms with Crippen molar-refractivity contribution in [3.63, 3.8) is 0 Å². The Labute approximate surface area is 73.6 Å². The highest BCUT2D eigenvalue weighted by Crippen LogP contribution is 2.09. The van der Waals surface area contributed by atoms with Gasteiger partial charge in [0.05, 0.1) is 6.10 Å². The summed E-state index contributed by atoms with van der Waals surface area (Å²) in [7, 11) is 0. The molecule has 2 heteroatoms. The summed E-state index contributed by atoms with van der Waals surface area (Å²) in [6, 6.07) is 0. The molecule has 0 aromatic rings. The lowest BCUT2D eigenvalue weighted by Gasteiger charge is -2.13. The van der Waals surface area contributed by atoms with Gasteiger partial charge in [0.1, 0.15) is 0 Å². The van der Waals surface area contributed by atoms with Crippen molar-refractivity contribution in [3.05, 3.63) is 12.2 Å². The van der Waals surface area contributed by atoms with Gasteiger partial charge in [0, 0.05) is 6.42 Å². The molecule has 0 fully saturated rings. The van der Waals surface area contributed by atoms with E-state index in [1.807, 2.05) is 6.92 Å². The molecule has 0 saturated heterocycles. The number of esters is 1. The Morgan fingerprint density at radius 1 is 1.42 bits per heavy atom. The molecule has 1 unspecified atom stereocenters. The third kappa shape index (κ3) is 3.56. The number of ether oxygens (including phenoxy) is 1. The lowest BCUT2D eigenvalue weighted by molar-refractivity contribution is -0.148. The van der Waals surface area contributed by atoms with Gasteiger partial charge < -0.3 is 4.74 Å². The summed E-state index contributed by atoms with van der Waals surface area (Å²) in [5.74, 6) is -0.0611. The fourth-order valence-electron chi connectivity index (χ4n) is 1.30. The van der Waals surface area contributed by atoms with Crippen molar-refractivity contribution in [2.45, 2.75) is 45.1 Å². The van der Waals surface area contributed by atoms with Gasteiger partial charge in [-0.15, -0.1) is 0 Å². The monoisotopic (exact) mass is 168 g/mol. The molecule has 68 valence electrons. The van der Waals surface area contributed by atoms with Crippen LogP contribution in [0.5, 0.6) is 0 Å². The fraction of sp³-hybridized carbons (Fsp3) is 0.700. The van der Waals surface area contributed by atoms with Crippen molar-refractivity contribution >= 4 is 5.97 Å². The van der Waals surface area contributed by atoms with Crippen LogP contribution in [-0.4, -0.2) is 12.1 Å². The van der Waals surface area contributed by atoms with Gasteiger partial charge >= 0.3 is 5.97 Å². The Morgan fingerprint density at radius 3 is 3.00 bits per heavy atom. The van der Waals surface area contributed by atoms with Crippen LogP contribution in [0.3, 0.4) is 0 Å². The SMILES string of the molecule is CC1CCC/C=C\CCC(=O)O1. The summed E-state index contributed by atoms with van der Waals surface area (Å²) < 4.78 is 5.15. The standard InChI is InChI=1S/C10H16O2/c1-9-7-5-3-2-4-6-8-10(11)12-9/h2,4,9H,3,5-8H2,1H3/b4-2-. The van der Waals surface area contributed by atoms with E-state index in [4.69, 9.17) is 4.74 Å². The predicted molar refractivity (Wildman–Crippen MR) is 47.8 cm³/mol. The molecular formula is C10H16O2. The van der Waals surface area contributed by atoms with Crippen LogP contribution in [-0.2, 0) is 9.53 Å². The van der Waals surface area contributed by atoms with Gasteiger partial charge in [-0.2, -0.15) is 0 Å². The van der Waals surface area contributed by atoms with Crippen molar-refractivity contribution < 1.29 is 9.53 Å². The number of hydrogen-bond donors (Lipinski definition) is 0. The van der Waals surface area contributed by atoms with Crippen LogP contribution in [0.15, 0.2) is 12.2 Å². The van der Waals surface area contributed by atoms with Crippen LogP contribution in [0.2, 0.25) is 0 Å². The molecule has 0 aromatic heterocycles. The number of hydrogen-bond acceptors (Lipinski definition) is 2. The summed E-state index contributed by atoms with van der Waals surface area (Å²) in [6.45, 7) is 1.96. The molecule has 0 aromatic carbocycles. The zero-order chi connectivity index (χ0) is 8.81. The Morgan fingerprint density at radius 2 is 2.17 bits per heavy atom.